The summed E-state index contributed by atoms with van der Waals surface area (Å²) in [6.45, 7) is 4.16. The number of sulfonamides is 1. The van der Waals surface area contributed by atoms with Crippen LogP contribution in [0.2, 0.25) is 0 Å². The molecule has 2 fully saturated rings. The van der Waals surface area contributed by atoms with Gasteiger partial charge in [-0.1, -0.05) is 56.3 Å². The molecule has 0 bridgehead atoms. The molecule has 2 unspecified atom stereocenters. The number of aliphatic hydroxyl groups is 1. The monoisotopic (exact) mass is 762 g/mol. The van der Waals surface area contributed by atoms with E-state index in [9.17, 15) is 27.8 Å². The molecule has 0 aliphatic carbocycles. The predicted molar refractivity (Wildman–Crippen MR) is 190 cm³/mol. The van der Waals surface area contributed by atoms with Crippen molar-refractivity contribution in [2.75, 3.05) is 39.8 Å². The summed E-state index contributed by atoms with van der Waals surface area (Å²) in [5.74, 6) is 0.620. The first-order valence-electron chi connectivity index (χ1n) is 17.1. The number of aliphatic hydroxyl groups excluding tert-OH is 1. The number of nitrogens with one attached hydrogen (secondary N) is 1. The molecule has 6 atom stereocenters. The number of methoxy groups -OCH3 is 1. The van der Waals surface area contributed by atoms with Crippen LogP contribution in [0.4, 0.5) is 4.79 Å². The van der Waals surface area contributed by atoms with Gasteiger partial charge in [0.05, 0.1) is 49.9 Å². The average molecular weight is 763 g/mol. The van der Waals surface area contributed by atoms with E-state index in [0.717, 1.165) is 5.56 Å². The van der Waals surface area contributed by atoms with Crippen LogP contribution in [-0.4, -0.2) is 93.1 Å². The average Bonchev–Trinajstić information content (AvgIpc) is 3.75. The Hall–Kier alpha value is -3.53. The molecule has 0 saturated carbocycles. The summed E-state index contributed by atoms with van der Waals surface area (Å²) in [5, 5.41) is 14.4. The van der Waals surface area contributed by atoms with Crippen LogP contribution in [-0.2, 0) is 46.4 Å². The van der Waals surface area contributed by atoms with Crippen LogP contribution < -0.4 is 14.8 Å². The van der Waals surface area contributed by atoms with Crippen LogP contribution in [0.15, 0.2) is 83.8 Å². The van der Waals surface area contributed by atoms with Gasteiger partial charge in [0.15, 0.2) is 12.6 Å². The van der Waals surface area contributed by atoms with Gasteiger partial charge >= 0.3 is 13.7 Å². The first-order valence-corrected chi connectivity index (χ1v) is 20.3. The highest BCUT2D eigenvalue weighted by Gasteiger charge is 2.44. The lowest BCUT2D eigenvalue weighted by Crippen LogP contribution is -2.51. The van der Waals surface area contributed by atoms with E-state index in [4.69, 9.17) is 28.2 Å². The highest BCUT2D eigenvalue weighted by molar-refractivity contribution is 7.89. The third-order valence-corrected chi connectivity index (χ3v) is 11.6. The van der Waals surface area contributed by atoms with Crippen LogP contribution in [0.3, 0.4) is 0 Å². The van der Waals surface area contributed by atoms with Crippen molar-refractivity contribution in [2.24, 2.45) is 11.8 Å². The molecular formula is C36H47N2O12PS. The Kier molecular flexibility index (Phi) is 13.7. The minimum absolute atomic E-state index is 0.0353. The van der Waals surface area contributed by atoms with E-state index in [1.165, 1.54) is 23.5 Å². The van der Waals surface area contributed by atoms with Crippen LogP contribution >= 0.6 is 7.60 Å². The molecule has 2 saturated heterocycles. The van der Waals surface area contributed by atoms with E-state index in [2.05, 4.69) is 5.32 Å². The molecule has 2 aliphatic rings. The molecule has 2 heterocycles. The zero-order valence-corrected chi connectivity index (χ0v) is 31.1. The van der Waals surface area contributed by atoms with Gasteiger partial charge < -0.3 is 43.5 Å². The number of ether oxygens (including phenoxy) is 5. The lowest BCUT2D eigenvalue weighted by atomic mass is 10.0. The van der Waals surface area contributed by atoms with Crippen LogP contribution in [0.5, 0.6) is 11.5 Å². The Bertz CT molecular complexity index is 1750. The highest BCUT2D eigenvalue weighted by Crippen LogP contribution is 2.43. The van der Waals surface area contributed by atoms with Crippen LogP contribution in [0, 0.1) is 11.8 Å². The first-order chi connectivity index (χ1) is 24.8. The second kappa shape index (κ2) is 18.0. The number of alkyl carbamates (subject to hydrolysis) is 1. The molecule has 3 aromatic carbocycles. The van der Waals surface area contributed by atoms with E-state index < -0.39 is 54.6 Å². The third kappa shape index (κ3) is 11.0. The Morgan fingerprint density at radius 1 is 0.981 bits per heavy atom. The van der Waals surface area contributed by atoms with Gasteiger partial charge in [0.2, 0.25) is 10.0 Å². The maximum absolute atomic E-state index is 13.8. The number of carbonyl (C=O) groups excluding carboxylic acids is 1. The molecule has 0 spiro atoms. The van der Waals surface area contributed by atoms with Crippen molar-refractivity contribution in [1.82, 2.24) is 9.62 Å². The standard InChI is InChI=1S/C36H47N2O12PS/c1-25(2)20-38(52(43,44)30-15-13-28(45-3)14-16-30)21-33(39)32(37-36(40)50-34-23-47-35-31(34)17-18-46-35)19-26-9-11-29(12-10-26)48-24-51(41,42)49-22-27-7-5-4-6-8-27/h4-16,25,31-35,39H,17-24H2,1-3H3,(H,37,40)(H,41,42)/t31?,32-,33+,34-,35+/m0/s1. The molecule has 0 radical (unpaired) electrons. The Balaban J connectivity index is 1.28. The summed E-state index contributed by atoms with van der Waals surface area (Å²) < 4.78 is 74.1. The van der Waals surface area contributed by atoms with E-state index >= 15 is 0 Å². The summed E-state index contributed by atoms with van der Waals surface area (Å²) in [7, 11) is -6.63. The fourth-order valence-electron chi connectivity index (χ4n) is 5.98. The normalized spacial score (nSPS) is 20.9. The van der Waals surface area contributed by atoms with Crippen molar-refractivity contribution < 1.29 is 56.0 Å². The van der Waals surface area contributed by atoms with Gasteiger partial charge in [0, 0.05) is 13.1 Å². The number of rotatable bonds is 18. The molecular weight excluding hydrogens is 715 g/mol. The molecule has 2 aliphatic heterocycles. The number of amides is 1. The summed E-state index contributed by atoms with van der Waals surface area (Å²) in [6.07, 6.45) is -2.91. The van der Waals surface area contributed by atoms with E-state index in [0.29, 0.717) is 30.1 Å². The van der Waals surface area contributed by atoms with Gasteiger partial charge in [0.25, 0.3) is 0 Å². The predicted octanol–water partition coefficient (Wildman–Crippen LogP) is 4.54. The molecule has 284 valence electrons. The Labute approximate surface area is 304 Å². The maximum atomic E-state index is 13.8. The van der Waals surface area contributed by atoms with Gasteiger partial charge in [-0.2, -0.15) is 4.31 Å². The fourth-order valence-corrected chi connectivity index (χ4v) is 8.34. The van der Waals surface area contributed by atoms with Gasteiger partial charge in [-0.3, -0.25) is 4.57 Å². The fraction of sp³-hybridized carbons (Fsp3) is 0.472. The first kappa shape index (κ1) is 39.7. The van der Waals surface area contributed by atoms with Crippen molar-refractivity contribution >= 4 is 23.7 Å². The van der Waals surface area contributed by atoms with Crippen molar-refractivity contribution in [2.45, 2.75) is 62.7 Å². The lowest BCUT2D eigenvalue weighted by Gasteiger charge is -2.31. The quantitative estimate of drug-likeness (QED) is 0.154. The highest BCUT2D eigenvalue weighted by atomic mass is 32.2. The van der Waals surface area contributed by atoms with Gasteiger partial charge in [-0.15, -0.1) is 0 Å². The van der Waals surface area contributed by atoms with Gasteiger partial charge in [-0.05, 0) is 66.3 Å². The Morgan fingerprint density at radius 3 is 2.35 bits per heavy atom. The molecule has 3 N–H and O–H groups in total. The van der Waals surface area contributed by atoms with Crippen molar-refractivity contribution in [3.63, 3.8) is 0 Å². The lowest BCUT2D eigenvalue weighted by molar-refractivity contribution is -0.0907. The minimum Gasteiger partial charge on any atom is -0.497 e. The largest absolute Gasteiger partial charge is 0.497 e. The summed E-state index contributed by atoms with van der Waals surface area (Å²) >= 11 is 0. The molecule has 3 aromatic rings. The summed E-state index contributed by atoms with van der Waals surface area (Å²) in [4.78, 5) is 23.5. The van der Waals surface area contributed by atoms with Crippen LogP contribution in [0.1, 0.15) is 31.4 Å². The number of carbonyl (C=O) groups is 1. The zero-order chi connectivity index (χ0) is 37.3. The number of hydrogen-bond donors (Lipinski definition) is 3. The van der Waals surface area contributed by atoms with Gasteiger partial charge in [-0.25, -0.2) is 13.2 Å². The second-order valence-corrected chi connectivity index (χ2v) is 16.9. The van der Waals surface area contributed by atoms with Crippen molar-refractivity contribution in [3.8, 4) is 11.5 Å². The molecule has 0 aromatic heterocycles. The smallest absolute Gasteiger partial charge is 0.407 e. The number of benzene rings is 3. The minimum atomic E-state index is -4.06. The van der Waals surface area contributed by atoms with Crippen LogP contribution in [0.25, 0.3) is 0 Å². The summed E-state index contributed by atoms with van der Waals surface area (Å²) in [5.41, 5.74) is 1.40. The number of fused-ring (bicyclic) bond motifs is 1. The van der Waals surface area contributed by atoms with Crippen molar-refractivity contribution in [3.05, 3.63) is 90.0 Å². The molecule has 5 rings (SSSR count). The topological polar surface area (TPSA) is 179 Å². The molecule has 1 amide bonds. The van der Waals surface area contributed by atoms with E-state index in [1.807, 2.05) is 19.9 Å². The molecule has 14 nitrogen and oxygen atoms in total. The van der Waals surface area contributed by atoms with E-state index in [-0.39, 0.29) is 49.5 Å². The van der Waals surface area contributed by atoms with E-state index in [1.54, 1.807) is 60.7 Å². The SMILES string of the molecule is COc1ccc(S(=O)(=O)N(CC(C)C)C[C@@H](O)[C@H](Cc2ccc(OCP(=O)(O)OCc3ccccc3)cc2)NC(=O)O[C@H]2CO[C@H]3OCCC32)cc1. The summed E-state index contributed by atoms with van der Waals surface area (Å²) in [6, 6.07) is 20.5. The zero-order valence-electron chi connectivity index (χ0n) is 29.4. The molecule has 52 heavy (non-hydrogen) atoms. The molecule has 16 heteroatoms. The number of nitrogens with zero attached hydrogens (tertiary/aromatic N) is 1. The van der Waals surface area contributed by atoms with Gasteiger partial charge in [0.1, 0.15) is 17.6 Å². The Morgan fingerprint density at radius 2 is 1.67 bits per heavy atom. The third-order valence-electron chi connectivity index (χ3n) is 8.72. The second-order valence-electron chi connectivity index (χ2n) is 13.2. The van der Waals surface area contributed by atoms with Crippen molar-refractivity contribution in [1.29, 1.82) is 0 Å². The maximum Gasteiger partial charge on any atom is 0.407 e. The number of hydrogen-bond acceptors (Lipinski definition) is 11.